The van der Waals surface area contributed by atoms with E-state index < -0.39 is 22.8 Å². The molecule has 0 aliphatic carbocycles. The second kappa shape index (κ2) is 9.50. The molecular weight excluding hydrogens is 364 g/mol. The van der Waals surface area contributed by atoms with Crippen LogP contribution in [0.4, 0.5) is 5.69 Å². The Hall–Kier alpha value is -3.42. The third kappa shape index (κ3) is 5.54. The van der Waals surface area contributed by atoms with Crippen LogP contribution in [-0.2, 0) is 4.79 Å². The summed E-state index contributed by atoms with van der Waals surface area (Å²) < 4.78 is 5.50. The molecular formula is C20H22N2O6. The molecule has 0 aromatic heterocycles. The molecule has 28 heavy (non-hydrogen) atoms. The molecule has 8 nitrogen and oxygen atoms in total. The van der Waals surface area contributed by atoms with E-state index in [1.54, 1.807) is 31.2 Å². The lowest BCUT2D eigenvalue weighted by atomic mass is 10.0. The van der Waals surface area contributed by atoms with Crippen LogP contribution in [0.25, 0.3) is 0 Å². The van der Waals surface area contributed by atoms with Crippen molar-refractivity contribution in [3.05, 3.63) is 69.3 Å². The van der Waals surface area contributed by atoms with Crippen molar-refractivity contribution in [2.75, 3.05) is 6.61 Å². The Morgan fingerprint density at radius 3 is 2.46 bits per heavy atom. The van der Waals surface area contributed by atoms with E-state index in [9.17, 15) is 24.8 Å². The van der Waals surface area contributed by atoms with E-state index in [2.05, 4.69) is 5.32 Å². The highest BCUT2D eigenvalue weighted by molar-refractivity contribution is 5.95. The summed E-state index contributed by atoms with van der Waals surface area (Å²) in [5.41, 5.74) is 0.961. The summed E-state index contributed by atoms with van der Waals surface area (Å²) in [5, 5.41) is 22.9. The van der Waals surface area contributed by atoms with Crippen LogP contribution in [0.2, 0.25) is 0 Å². The number of nitro benzene ring substituents is 1. The summed E-state index contributed by atoms with van der Waals surface area (Å²) >= 11 is 0. The molecule has 8 heteroatoms. The van der Waals surface area contributed by atoms with Crippen LogP contribution < -0.4 is 10.1 Å². The number of ether oxygens (including phenoxy) is 1. The standard InChI is InChI=1S/C20H22N2O6/c1-3-10-28-16-8-6-14(7-9-16)17(12-19(23)24)21-20(25)15-5-4-13(2)18(11-15)22(26)27/h4-9,11,17H,3,10,12H2,1-2H3,(H,21,25)(H,23,24)/t17-/m1/s1. The molecule has 0 unspecified atom stereocenters. The predicted octanol–water partition coefficient (Wildman–Crippen LogP) is 3.64. The van der Waals surface area contributed by atoms with E-state index in [4.69, 9.17) is 4.74 Å². The van der Waals surface area contributed by atoms with Crippen molar-refractivity contribution in [3.8, 4) is 5.75 Å². The summed E-state index contributed by atoms with van der Waals surface area (Å²) in [7, 11) is 0. The van der Waals surface area contributed by atoms with E-state index in [1.165, 1.54) is 18.2 Å². The van der Waals surface area contributed by atoms with Gasteiger partial charge in [-0.2, -0.15) is 0 Å². The topological polar surface area (TPSA) is 119 Å². The molecule has 2 aromatic rings. The van der Waals surface area contributed by atoms with Gasteiger partial charge in [0.1, 0.15) is 5.75 Å². The fraction of sp³-hybridized carbons (Fsp3) is 0.300. The maximum atomic E-state index is 12.6. The Morgan fingerprint density at radius 2 is 1.89 bits per heavy atom. The molecule has 1 atom stereocenters. The van der Waals surface area contributed by atoms with Crippen LogP contribution in [0.3, 0.4) is 0 Å². The zero-order valence-electron chi connectivity index (χ0n) is 15.7. The number of aryl methyl sites for hydroxylation is 1. The zero-order chi connectivity index (χ0) is 20.7. The van der Waals surface area contributed by atoms with Crippen LogP contribution in [0, 0.1) is 17.0 Å². The molecule has 0 saturated carbocycles. The van der Waals surface area contributed by atoms with Crippen LogP contribution in [0.5, 0.6) is 5.75 Å². The van der Waals surface area contributed by atoms with Gasteiger partial charge in [0.15, 0.2) is 0 Å². The second-order valence-electron chi connectivity index (χ2n) is 6.30. The maximum Gasteiger partial charge on any atom is 0.305 e. The minimum atomic E-state index is -1.08. The number of amides is 1. The number of nitro groups is 1. The van der Waals surface area contributed by atoms with Gasteiger partial charge in [0.25, 0.3) is 11.6 Å². The van der Waals surface area contributed by atoms with Crippen molar-refractivity contribution in [1.29, 1.82) is 0 Å². The molecule has 0 radical (unpaired) electrons. The number of benzene rings is 2. The van der Waals surface area contributed by atoms with Crippen molar-refractivity contribution >= 4 is 17.6 Å². The van der Waals surface area contributed by atoms with Crippen LogP contribution in [0.1, 0.15) is 47.3 Å². The SMILES string of the molecule is CCCOc1ccc([C@@H](CC(=O)O)NC(=O)c2ccc(C)c([N+](=O)[O-])c2)cc1. The third-order valence-electron chi connectivity index (χ3n) is 4.11. The molecule has 0 heterocycles. The van der Waals surface area contributed by atoms with Gasteiger partial charge in [-0.05, 0) is 37.1 Å². The van der Waals surface area contributed by atoms with Crippen molar-refractivity contribution in [3.63, 3.8) is 0 Å². The van der Waals surface area contributed by atoms with Gasteiger partial charge in [-0.15, -0.1) is 0 Å². The fourth-order valence-electron chi connectivity index (χ4n) is 2.63. The lowest BCUT2D eigenvalue weighted by molar-refractivity contribution is -0.385. The highest BCUT2D eigenvalue weighted by Gasteiger charge is 2.21. The van der Waals surface area contributed by atoms with Crippen molar-refractivity contribution < 1.29 is 24.4 Å². The molecule has 2 aromatic carbocycles. The number of hydrogen-bond donors (Lipinski definition) is 2. The highest BCUT2D eigenvalue weighted by atomic mass is 16.6. The Labute approximate surface area is 162 Å². The summed E-state index contributed by atoms with van der Waals surface area (Å²) in [6.07, 6.45) is 0.539. The van der Waals surface area contributed by atoms with Gasteiger partial charge in [0.2, 0.25) is 0 Å². The average molecular weight is 386 g/mol. The van der Waals surface area contributed by atoms with E-state index in [0.717, 1.165) is 6.42 Å². The van der Waals surface area contributed by atoms with Gasteiger partial charge in [-0.25, -0.2) is 0 Å². The van der Waals surface area contributed by atoms with Gasteiger partial charge in [-0.1, -0.05) is 25.1 Å². The van der Waals surface area contributed by atoms with E-state index in [-0.39, 0.29) is 17.7 Å². The molecule has 0 fully saturated rings. The number of carbonyl (C=O) groups excluding carboxylic acids is 1. The Morgan fingerprint density at radius 1 is 1.21 bits per heavy atom. The maximum absolute atomic E-state index is 12.6. The molecule has 0 aliphatic rings. The number of nitrogens with one attached hydrogen (secondary N) is 1. The summed E-state index contributed by atoms with van der Waals surface area (Å²) in [5.74, 6) is -1.01. The minimum absolute atomic E-state index is 0.0931. The van der Waals surface area contributed by atoms with Gasteiger partial charge >= 0.3 is 5.97 Å². The summed E-state index contributed by atoms with van der Waals surface area (Å²) in [6, 6.07) is 10.2. The average Bonchev–Trinajstić information content (AvgIpc) is 2.66. The van der Waals surface area contributed by atoms with Gasteiger partial charge < -0.3 is 15.2 Å². The number of rotatable bonds is 9. The monoisotopic (exact) mass is 386 g/mol. The van der Waals surface area contributed by atoms with Gasteiger partial charge in [0, 0.05) is 17.2 Å². The first kappa shape index (κ1) is 20.9. The normalized spacial score (nSPS) is 11.5. The minimum Gasteiger partial charge on any atom is -0.494 e. The molecule has 2 N–H and O–H groups in total. The Kier molecular flexibility index (Phi) is 7.08. The van der Waals surface area contributed by atoms with Crippen LogP contribution in [-0.4, -0.2) is 28.5 Å². The number of nitrogens with zero attached hydrogens (tertiary/aromatic N) is 1. The number of hydrogen-bond acceptors (Lipinski definition) is 5. The summed E-state index contributed by atoms with van der Waals surface area (Å²) in [4.78, 5) is 34.3. The zero-order valence-corrected chi connectivity index (χ0v) is 15.7. The highest BCUT2D eigenvalue weighted by Crippen LogP contribution is 2.23. The lowest BCUT2D eigenvalue weighted by Crippen LogP contribution is -2.30. The van der Waals surface area contributed by atoms with Gasteiger partial charge in [-0.3, -0.25) is 19.7 Å². The number of carbonyl (C=O) groups is 2. The van der Waals surface area contributed by atoms with Crippen molar-refractivity contribution in [2.45, 2.75) is 32.7 Å². The lowest BCUT2D eigenvalue weighted by Gasteiger charge is -2.18. The molecule has 0 aliphatic heterocycles. The van der Waals surface area contributed by atoms with Crippen LogP contribution in [0.15, 0.2) is 42.5 Å². The molecule has 0 saturated heterocycles. The van der Waals surface area contributed by atoms with E-state index >= 15 is 0 Å². The second-order valence-corrected chi connectivity index (χ2v) is 6.30. The first-order valence-electron chi connectivity index (χ1n) is 8.82. The molecule has 148 valence electrons. The van der Waals surface area contributed by atoms with Gasteiger partial charge in [0.05, 0.1) is 24.0 Å². The smallest absolute Gasteiger partial charge is 0.305 e. The number of aliphatic carboxylic acids is 1. The Balaban J connectivity index is 2.22. The van der Waals surface area contributed by atoms with Crippen molar-refractivity contribution in [2.24, 2.45) is 0 Å². The third-order valence-corrected chi connectivity index (χ3v) is 4.11. The van der Waals surface area contributed by atoms with E-state index in [1.807, 2.05) is 6.92 Å². The first-order chi connectivity index (χ1) is 13.3. The van der Waals surface area contributed by atoms with Crippen molar-refractivity contribution in [1.82, 2.24) is 5.32 Å². The van der Waals surface area contributed by atoms with E-state index in [0.29, 0.717) is 23.5 Å². The molecule has 0 bridgehead atoms. The molecule has 2 rings (SSSR count). The Bertz CT molecular complexity index is 863. The molecule has 1 amide bonds. The number of carboxylic acids is 1. The molecule has 0 spiro atoms. The fourth-order valence-corrected chi connectivity index (χ4v) is 2.63. The summed E-state index contributed by atoms with van der Waals surface area (Å²) in [6.45, 7) is 4.14. The quantitative estimate of drug-likeness (QED) is 0.502. The predicted molar refractivity (Wildman–Crippen MR) is 103 cm³/mol. The largest absolute Gasteiger partial charge is 0.494 e. The first-order valence-corrected chi connectivity index (χ1v) is 8.82. The van der Waals surface area contributed by atoms with Crippen LogP contribution >= 0.6 is 0 Å². The number of carboxylic acid groups (broad SMARTS) is 1.